The summed E-state index contributed by atoms with van der Waals surface area (Å²) in [6.07, 6.45) is 1.75. The summed E-state index contributed by atoms with van der Waals surface area (Å²) < 4.78 is 24.2. The number of methoxy groups -OCH3 is 1. The number of aryl methyl sites for hydroxylation is 1. The average molecular weight is 410 g/mol. The lowest BCUT2D eigenvalue weighted by Crippen LogP contribution is -2.31. The quantitative estimate of drug-likeness (QED) is 0.443. The SMILES string of the molecule is COc1ccc2c(CC(=O)N(Cc3csc(C)n3)c3ccc(F)cc3)coc2c1. The van der Waals surface area contributed by atoms with Gasteiger partial charge in [0.15, 0.2) is 0 Å². The number of aromatic nitrogens is 1. The van der Waals surface area contributed by atoms with Crippen LogP contribution in [0.15, 0.2) is 58.5 Å². The first kappa shape index (κ1) is 19.1. The lowest BCUT2D eigenvalue weighted by atomic mass is 10.1. The molecular formula is C22H19FN2O3S. The molecule has 0 saturated carbocycles. The zero-order valence-corrected chi connectivity index (χ0v) is 16.8. The van der Waals surface area contributed by atoms with Crippen molar-refractivity contribution in [2.45, 2.75) is 19.9 Å². The van der Waals surface area contributed by atoms with Crippen LogP contribution in [0.4, 0.5) is 10.1 Å². The predicted octanol–water partition coefficient (Wildman–Crippen LogP) is 5.12. The van der Waals surface area contributed by atoms with Crippen molar-refractivity contribution < 1.29 is 18.3 Å². The van der Waals surface area contributed by atoms with Crippen LogP contribution in [0.1, 0.15) is 16.3 Å². The minimum atomic E-state index is -0.347. The molecule has 7 heteroatoms. The maximum Gasteiger partial charge on any atom is 0.231 e. The number of ether oxygens (including phenoxy) is 1. The molecule has 0 bridgehead atoms. The van der Waals surface area contributed by atoms with Gasteiger partial charge in [0, 0.05) is 28.1 Å². The molecule has 4 aromatic rings. The first-order chi connectivity index (χ1) is 14.0. The molecule has 0 N–H and O–H groups in total. The third kappa shape index (κ3) is 4.14. The van der Waals surface area contributed by atoms with Gasteiger partial charge in [-0.15, -0.1) is 11.3 Å². The number of carbonyl (C=O) groups is 1. The second-order valence-corrected chi connectivity index (χ2v) is 7.68. The van der Waals surface area contributed by atoms with E-state index in [4.69, 9.17) is 9.15 Å². The molecule has 0 fully saturated rings. The molecular weight excluding hydrogens is 391 g/mol. The van der Waals surface area contributed by atoms with Crippen LogP contribution in [-0.2, 0) is 17.8 Å². The number of halogens is 1. The average Bonchev–Trinajstić information content (AvgIpc) is 3.32. The fourth-order valence-corrected chi connectivity index (χ4v) is 3.78. The minimum absolute atomic E-state index is 0.124. The summed E-state index contributed by atoms with van der Waals surface area (Å²) in [5.74, 6) is 0.220. The highest BCUT2D eigenvalue weighted by molar-refractivity contribution is 7.09. The smallest absolute Gasteiger partial charge is 0.231 e. The molecule has 0 aliphatic carbocycles. The normalized spacial score (nSPS) is 11.0. The minimum Gasteiger partial charge on any atom is -0.497 e. The predicted molar refractivity (Wildman–Crippen MR) is 111 cm³/mol. The number of fused-ring (bicyclic) bond motifs is 1. The van der Waals surface area contributed by atoms with E-state index < -0.39 is 0 Å². The third-order valence-electron chi connectivity index (χ3n) is 4.63. The standard InChI is InChI=1S/C22H19FN2O3S/c1-14-24-17(13-29-14)11-25(18-5-3-16(23)4-6-18)22(26)9-15-12-28-21-10-19(27-2)7-8-20(15)21/h3-8,10,12-13H,9,11H2,1-2H3. The van der Waals surface area contributed by atoms with Crippen molar-refractivity contribution in [3.63, 3.8) is 0 Å². The van der Waals surface area contributed by atoms with Crippen LogP contribution in [0.3, 0.4) is 0 Å². The Morgan fingerprint density at radius 1 is 1.24 bits per heavy atom. The molecule has 0 aliphatic rings. The Labute approximate surface area is 171 Å². The number of furan rings is 1. The summed E-state index contributed by atoms with van der Waals surface area (Å²) in [6.45, 7) is 2.24. The summed E-state index contributed by atoms with van der Waals surface area (Å²) in [5, 5.41) is 3.72. The Morgan fingerprint density at radius 3 is 2.72 bits per heavy atom. The molecule has 2 aromatic heterocycles. The van der Waals surface area contributed by atoms with Gasteiger partial charge in [0.05, 0.1) is 37.0 Å². The molecule has 5 nitrogen and oxygen atoms in total. The number of thiazole rings is 1. The van der Waals surface area contributed by atoms with Gasteiger partial charge >= 0.3 is 0 Å². The van der Waals surface area contributed by atoms with Gasteiger partial charge in [-0.1, -0.05) is 0 Å². The first-order valence-corrected chi connectivity index (χ1v) is 9.92. The monoisotopic (exact) mass is 410 g/mol. The highest BCUT2D eigenvalue weighted by atomic mass is 32.1. The Balaban J connectivity index is 1.63. The fourth-order valence-electron chi connectivity index (χ4n) is 3.17. The van der Waals surface area contributed by atoms with E-state index in [0.29, 0.717) is 23.6 Å². The zero-order valence-electron chi connectivity index (χ0n) is 16.0. The number of hydrogen-bond donors (Lipinski definition) is 0. The second kappa shape index (κ2) is 8.05. The van der Waals surface area contributed by atoms with Crippen LogP contribution in [0.25, 0.3) is 11.0 Å². The van der Waals surface area contributed by atoms with Gasteiger partial charge in [-0.2, -0.15) is 0 Å². The molecule has 0 radical (unpaired) electrons. The van der Waals surface area contributed by atoms with E-state index in [2.05, 4.69) is 4.98 Å². The van der Waals surface area contributed by atoms with Crippen LogP contribution in [-0.4, -0.2) is 18.0 Å². The van der Waals surface area contributed by atoms with Crippen molar-refractivity contribution in [3.8, 4) is 5.75 Å². The van der Waals surface area contributed by atoms with Crippen LogP contribution >= 0.6 is 11.3 Å². The largest absolute Gasteiger partial charge is 0.497 e. The van der Waals surface area contributed by atoms with E-state index in [-0.39, 0.29) is 18.1 Å². The molecule has 0 atom stereocenters. The molecule has 29 heavy (non-hydrogen) atoms. The molecule has 0 spiro atoms. The molecule has 2 aromatic carbocycles. The van der Waals surface area contributed by atoms with E-state index >= 15 is 0 Å². The number of anilines is 1. The summed E-state index contributed by atoms with van der Waals surface area (Å²) in [7, 11) is 1.59. The second-order valence-electron chi connectivity index (χ2n) is 6.61. The molecule has 4 rings (SSSR count). The fraction of sp³-hybridized carbons (Fsp3) is 0.182. The Bertz CT molecular complexity index is 1150. The van der Waals surface area contributed by atoms with E-state index in [0.717, 1.165) is 21.7 Å². The van der Waals surface area contributed by atoms with Crippen molar-refractivity contribution in [2.75, 3.05) is 12.0 Å². The highest BCUT2D eigenvalue weighted by Gasteiger charge is 2.20. The van der Waals surface area contributed by atoms with Gasteiger partial charge in [-0.3, -0.25) is 4.79 Å². The van der Waals surface area contributed by atoms with Crippen molar-refractivity contribution in [1.82, 2.24) is 4.98 Å². The van der Waals surface area contributed by atoms with Gasteiger partial charge in [0.25, 0.3) is 0 Å². The highest BCUT2D eigenvalue weighted by Crippen LogP contribution is 2.27. The summed E-state index contributed by atoms with van der Waals surface area (Å²) >= 11 is 1.53. The molecule has 0 aliphatic heterocycles. The number of nitrogens with zero attached hydrogens (tertiary/aromatic N) is 2. The van der Waals surface area contributed by atoms with E-state index in [1.807, 2.05) is 24.4 Å². The van der Waals surface area contributed by atoms with Crippen molar-refractivity contribution in [1.29, 1.82) is 0 Å². The Kier molecular flexibility index (Phi) is 5.31. The van der Waals surface area contributed by atoms with Crippen molar-refractivity contribution in [3.05, 3.63) is 76.2 Å². The number of benzene rings is 2. The molecule has 0 unspecified atom stereocenters. The maximum atomic E-state index is 13.4. The van der Waals surface area contributed by atoms with Crippen molar-refractivity contribution in [2.24, 2.45) is 0 Å². The number of rotatable bonds is 6. The van der Waals surface area contributed by atoms with Crippen LogP contribution < -0.4 is 9.64 Å². The van der Waals surface area contributed by atoms with E-state index in [1.165, 1.54) is 23.5 Å². The van der Waals surface area contributed by atoms with E-state index in [1.54, 1.807) is 36.5 Å². The molecule has 1 amide bonds. The van der Waals surface area contributed by atoms with Gasteiger partial charge < -0.3 is 14.1 Å². The zero-order chi connectivity index (χ0) is 20.4. The number of carbonyl (C=O) groups excluding carboxylic acids is 1. The molecule has 148 valence electrons. The summed E-state index contributed by atoms with van der Waals surface area (Å²) in [4.78, 5) is 19.3. The Morgan fingerprint density at radius 2 is 2.03 bits per heavy atom. The molecule has 0 saturated heterocycles. The van der Waals surface area contributed by atoms with Gasteiger partial charge in [-0.25, -0.2) is 9.37 Å². The van der Waals surface area contributed by atoms with Crippen LogP contribution in [0.5, 0.6) is 5.75 Å². The first-order valence-electron chi connectivity index (χ1n) is 9.04. The summed E-state index contributed by atoms with van der Waals surface area (Å²) in [5.41, 5.74) is 2.87. The van der Waals surface area contributed by atoms with Gasteiger partial charge in [-0.05, 0) is 43.3 Å². The number of hydrogen-bond acceptors (Lipinski definition) is 5. The number of amides is 1. The Hall–Kier alpha value is -3.19. The summed E-state index contributed by atoms with van der Waals surface area (Å²) in [6, 6.07) is 11.4. The third-order valence-corrected chi connectivity index (χ3v) is 5.45. The van der Waals surface area contributed by atoms with Crippen LogP contribution in [0, 0.1) is 12.7 Å². The van der Waals surface area contributed by atoms with E-state index in [9.17, 15) is 9.18 Å². The lowest BCUT2D eigenvalue weighted by Gasteiger charge is -2.22. The lowest BCUT2D eigenvalue weighted by molar-refractivity contribution is -0.118. The maximum absolute atomic E-state index is 13.4. The topological polar surface area (TPSA) is 55.6 Å². The van der Waals surface area contributed by atoms with Gasteiger partial charge in [0.2, 0.25) is 5.91 Å². The molecule has 2 heterocycles. The van der Waals surface area contributed by atoms with Crippen molar-refractivity contribution >= 4 is 33.9 Å². The van der Waals surface area contributed by atoms with Crippen LogP contribution in [0.2, 0.25) is 0 Å². The van der Waals surface area contributed by atoms with Gasteiger partial charge in [0.1, 0.15) is 17.1 Å².